The van der Waals surface area contributed by atoms with Crippen molar-refractivity contribution in [1.29, 1.82) is 0 Å². The van der Waals surface area contributed by atoms with Crippen molar-refractivity contribution in [3.63, 3.8) is 0 Å². The molecule has 0 bridgehead atoms. The molecule has 1 aromatic heterocycles. The predicted molar refractivity (Wildman–Crippen MR) is 65.3 cm³/mol. The average Bonchev–Trinajstić information content (AvgIpc) is 2.57. The van der Waals surface area contributed by atoms with Gasteiger partial charge in [-0.25, -0.2) is 0 Å². The van der Waals surface area contributed by atoms with E-state index in [1.165, 1.54) is 0 Å². The van der Waals surface area contributed by atoms with Crippen LogP contribution in [0.15, 0.2) is 4.52 Å². The van der Waals surface area contributed by atoms with Gasteiger partial charge in [-0.15, -0.1) is 0 Å². The third kappa shape index (κ3) is 3.85. The summed E-state index contributed by atoms with van der Waals surface area (Å²) in [5.41, 5.74) is 7.46. The minimum Gasteiger partial charge on any atom is -0.361 e. The summed E-state index contributed by atoms with van der Waals surface area (Å²) in [5.74, 6) is 0.872. The summed E-state index contributed by atoms with van der Waals surface area (Å²) >= 11 is 0. The Bertz CT molecular complexity index is 366. The first kappa shape index (κ1) is 13.7. The van der Waals surface area contributed by atoms with E-state index in [-0.39, 0.29) is 11.9 Å². The van der Waals surface area contributed by atoms with Crippen molar-refractivity contribution in [2.24, 2.45) is 5.73 Å². The summed E-state index contributed by atoms with van der Waals surface area (Å²) in [7, 11) is 1.79. The van der Waals surface area contributed by atoms with Gasteiger partial charge in [-0.2, -0.15) is 0 Å². The quantitative estimate of drug-likeness (QED) is 0.842. The largest absolute Gasteiger partial charge is 0.361 e. The van der Waals surface area contributed by atoms with Crippen molar-refractivity contribution >= 4 is 5.91 Å². The molecule has 1 unspecified atom stereocenters. The Morgan fingerprint density at radius 1 is 1.53 bits per heavy atom. The number of aromatic nitrogens is 1. The maximum atomic E-state index is 11.8. The zero-order valence-corrected chi connectivity index (χ0v) is 11.0. The van der Waals surface area contributed by atoms with Crippen molar-refractivity contribution in [1.82, 2.24) is 10.1 Å². The van der Waals surface area contributed by atoms with Gasteiger partial charge in [0.25, 0.3) is 0 Å². The molecule has 0 aliphatic heterocycles. The molecular formula is C12H21N3O2. The lowest BCUT2D eigenvalue weighted by Crippen LogP contribution is -2.28. The molecule has 0 aliphatic rings. The van der Waals surface area contributed by atoms with Crippen LogP contribution in [0.3, 0.4) is 0 Å². The van der Waals surface area contributed by atoms with Crippen LogP contribution in [0.2, 0.25) is 0 Å². The fraction of sp³-hybridized carbons (Fsp3) is 0.667. The van der Waals surface area contributed by atoms with Gasteiger partial charge in [0.05, 0.1) is 12.2 Å². The molecule has 0 fully saturated rings. The van der Waals surface area contributed by atoms with Gasteiger partial charge < -0.3 is 15.2 Å². The fourth-order valence-corrected chi connectivity index (χ4v) is 1.59. The van der Waals surface area contributed by atoms with E-state index in [4.69, 9.17) is 10.3 Å². The van der Waals surface area contributed by atoms with Crippen LogP contribution in [0.4, 0.5) is 0 Å². The highest BCUT2D eigenvalue weighted by Crippen LogP contribution is 2.14. The van der Waals surface area contributed by atoms with Crippen LogP contribution >= 0.6 is 0 Å². The molecule has 96 valence electrons. The summed E-state index contributed by atoms with van der Waals surface area (Å²) < 4.78 is 5.07. The second-order valence-electron chi connectivity index (χ2n) is 4.57. The van der Waals surface area contributed by atoms with Crippen LogP contribution in [0.25, 0.3) is 0 Å². The number of amides is 1. The average molecular weight is 239 g/mol. The summed E-state index contributed by atoms with van der Waals surface area (Å²) in [4.78, 5) is 13.5. The number of rotatable bonds is 5. The third-order valence-corrected chi connectivity index (χ3v) is 2.82. The van der Waals surface area contributed by atoms with Gasteiger partial charge in [-0.05, 0) is 27.2 Å². The topological polar surface area (TPSA) is 72.4 Å². The van der Waals surface area contributed by atoms with Gasteiger partial charge >= 0.3 is 0 Å². The van der Waals surface area contributed by atoms with Gasteiger partial charge in [0.2, 0.25) is 5.91 Å². The van der Waals surface area contributed by atoms with Crippen molar-refractivity contribution in [2.75, 3.05) is 7.05 Å². The van der Waals surface area contributed by atoms with Gasteiger partial charge in [-0.3, -0.25) is 4.79 Å². The van der Waals surface area contributed by atoms with E-state index in [1.54, 1.807) is 11.9 Å². The lowest BCUT2D eigenvalue weighted by Gasteiger charge is -2.17. The van der Waals surface area contributed by atoms with Gasteiger partial charge in [0.1, 0.15) is 5.76 Å². The zero-order valence-electron chi connectivity index (χ0n) is 11.0. The molecule has 5 heteroatoms. The zero-order chi connectivity index (χ0) is 13.0. The maximum absolute atomic E-state index is 11.8. The highest BCUT2D eigenvalue weighted by Gasteiger charge is 2.15. The lowest BCUT2D eigenvalue weighted by atomic mass is 10.1. The predicted octanol–water partition coefficient (Wildman–Crippen LogP) is 1.38. The molecule has 0 saturated heterocycles. The normalized spacial score (nSPS) is 12.5. The van der Waals surface area contributed by atoms with Gasteiger partial charge in [-0.1, -0.05) is 5.16 Å². The summed E-state index contributed by atoms with van der Waals surface area (Å²) in [6.07, 6.45) is 1.20. The van der Waals surface area contributed by atoms with Crippen LogP contribution in [-0.2, 0) is 11.3 Å². The molecule has 0 radical (unpaired) electrons. The lowest BCUT2D eigenvalue weighted by molar-refractivity contribution is -0.130. The first-order valence-corrected chi connectivity index (χ1v) is 5.83. The van der Waals surface area contributed by atoms with Gasteiger partial charge in [0, 0.05) is 25.1 Å². The minimum atomic E-state index is 0.0615. The molecule has 17 heavy (non-hydrogen) atoms. The molecule has 2 N–H and O–H groups in total. The molecule has 1 rings (SSSR count). The molecule has 1 amide bonds. The highest BCUT2D eigenvalue weighted by molar-refractivity contribution is 5.75. The van der Waals surface area contributed by atoms with Crippen LogP contribution in [0.1, 0.15) is 36.8 Å². The molecule has 1 aromatic rings. The first-order valence-electron chi connectivity index (χ1n) is 5.83. The Labute approximate surface area is 102 Å². The molecule has 5 nitrogen and oxygen atoms in total. The fourth-order valence-electron chi connectivity index (χ4n) is 1.59. The SMILES string of the molecule is Cc1noc(C)c1CN(C)C(=O)CCC(C)N. The maximum Gasteiger partial charge on any atom is 0.222 e. The first-order chi connectivity index (χ1) is 7.91. The number of carbonyl (C=O) groups excluding carboxylic acids is 1. The van der Waals surface area contributed by atoms with Crippen molar-refractivity contribution in [2.45, 2.75) is 46.2 Å². The van der Waals surface area contributed by atoms with Crippen molar-refractivity contribution in [3.8, 4) is 0 Å². The molecule has 0 saturated carbocycles. The number of aryl methyl sites for hydroxylation is 2. The van der Waals surface area contributed by atoms with E-state index < -0.39 is 0 Å². The second-order valence-corrected chi connectivity index (χ2v) is 4.57. The molecule has 0 aliphatic carbocycles. The minimum absolute atomic E-state index is 0.0615. The highest BCUT2D eigenvalue weighted by atomic mass is 16.5. The molecule has 1 atom stereocenters. The van der Waals surface area contributed by atoms with Crippen molar-refractivity contribution in [3.05, 3.63) is 17.0 Å². The van der Waals surface area contributed by atoms with E-state index in [2.05, 4.69) is 5.16 Å². The second kappa shape index (κ2) is 5.82. The number of hydrogen-bond donors (Lipinski definition) is 1. The number of carbonyl (C=O) groups is 1. The van der Waals surface area contributed by atoms with E-state index in [9.17, 15) is 4.79 Å². The number of hydrogen-bond acceptors (Lipinski definition) is 4. The molecule has 1 heterocycles. The van der Waals surface area contributed by atoms with E-state index in [0.29, 0.717) is 19.4 Å². The Balaban J connectivity index is 2.54. The number of nitrogens with two attached hydrogens (primary N) is 1. The Hall–Kier alpha value is -1.36. The summed E-state index contributed by atoms with van der Waals surface area (Å²) in [5, 5.41) is 3.87. The van der Waals surface area contributed by atoms with Crippen LogP contribution in [0, 0.1) is 13.8 Å². The van der Waals surface area contributed by atoms with Crippen LogP contribution < -0.4 is 5.73 Å². The summed E-state index contributed by atoms with van der Waals surface area (Å²) in [6.45, 7) is 6.18. The Kier molecular flexibility index (Phi) is 4.69. The molecule has 0 aromatic carbocycles. The monoisotopic (exact) mass is 239 g/mol. The Morgan fingerprint density at radius 2 is 2.18 bits per heavy atom. The third-order valence-electron chi connectivity index (χ3n) is 2.82. The Morgan fingerprint density at radius 3 is 2.65 bits per heavy atom. The van der Waals surface area contributed by atoms with E-state index >= 15 is 0 Å². The molecule has 0 spiro atoms. The van der Waals surface area contributed by atoms with Crippen LogP contribution in [0.5, 0.6) is 0 Å². The van der Waals surface area contributed by atoms with E-state index in [1.807, 2.05) is 20.8 Å². The van der Waals surface area contributed by atoms with E-state index in [0.717, 1.165) is 17.0 Å². The number of nitrogens with zero attached hydrogens (tertiary/aromatic N) is 2. The summed E-state index contributed by atoms with van der Waals surface area (Å²) in [6, 6.07) is 0.0615. The van der Waals surface area contributed by atoms with Crippen molar-refractivity contribution < 1.29 is 9.32 Å². The van der Waals surface area contributed by atoms with Crippen LogP contribution in [-0.4, -0.2) is 29.1 Å². The smallest absolute Gasteiger partial charge is 0.222 e. The molecular weight excluding hydrogens is 218 g/mol. The standard InChI is InChI=1S/C12H21N3O2/c1-8(13)5-6-12(16)15(4)7-11-9(2)14-17-10(11)3/h8H,5-7,13H2,1-4H3. The van der Waals surface area contributed by atoms with Gasteiger partial charge in [0.15, 0.2) is 0 Å².